The van der Waals surface area contributed by atoms with E-state index in [0.29, 0.717) is 11.9 Å². The summed E-state index contributed by atoms with van der Waals surface area (Å²) in [5, 5.41) is 19.2. The first-order valence-electron chi connectivity index (χ1n) is 6.79. The van der Waals surface area contributed by atoms with Gasteiger partial charge in [-0.1, -0.05) is 11.6 Å². The number of hydrogen-bond donors (Lipinski definition) is 3. The van der Waals surface area contributed by atoms with Crippen LogP contribution in [0.15, 0.2) is 41.6 Å². The van der Waals surface area contributed by atoms with Crippen LogP contribution in [0.1, 0.15) is 5.56 Å². The van der Waals surface area contributed by atoms with Crippen LogP contribution in [0.4, 0.5) is 18.9 Å². The number of hydrazone groups is 1. The monoisotopic (exact) mass is 382 g/mol. The van der Waals surface area contributed by atoms with E-state index in [4.69, 9.17) is 32.7 Å². The molecule has 1 aromatic heterocycles. The number of nitrogens with zero attached hydrogens (tertiary/aromatic N) is 3. The van der Waals surface area contributed by atoms with Gasteiger partial charge in [0.2, 0.25) is 11.6 Å². The molecule has 2 aromatic rings. The summed E-state index contributed by atoms with van der Waals surface area (Å²) in [7, 11) is 0. The Kier molecular flexibility index (Phi) is 5.64. The van der Waals surface area contributed by atoms with Gasteiger partial charge in [0, 0.05) is 6.20 Å². The maximum absolute atomic E-state index is 12.6. The van der Waals surface area contributed by atoms with Gasteiger partial charge in [0.1, 0.15) is 16.8 Å². The number of nitrogens with one attached hydrogen (secondary N) is 2. The van der Waals surface area contributed by atoms with Crippen molar-refractivity contribution in [3.8, 4) is 17.7 Å². The summed E-state index contributed by atoms with van der Waals surface area (Å²) in [6, 6.07) is 8.37. The number of ether oxygens (including phenoxy) is 1. The van der Waals surface area contributed by atoms with Gasteiger partial charge in [-0.25, -0.2) is 4.98 Å². The molecule has 11 heteroatoms. The largest absolute Gasteiger partial charge is 0.438 e. The van der Waals surface area contributed by atoms with Gasteiger partial charge in [0.25, 0.3) is 0 Å². The molecule has 1 heterocycles. The molecule has 0 atom stereocenters. The molecular formula is C15H10ClF3N6O. The summed E-state index contributed by atoms with van der Waals surface area (Å²) in [6.45, 7) is 0. The van der Waals surface area contributed by atoms with Gasteiger partial charge < -0.3 is 10.5 Å². The van der Waals surface area contributed by atoms with Crippen molar-refractivity contribution >= 4 is 28.8 Å². The first-order chi connectivity index (χ1) is 12.2. The van der Waals surface area contributed by atoms with Crippen molar-refractivity contribution < 1.29 is 17.9 Å². The third-order valence-electron chi connectivity index (χ3n) is 2.86. The summed E-state index contributed by atoms with van der Waals surface area (Å²) >= 11 is 5.77. The molecule has 0 radical (unpaired) electrons. The third-order valence-corrected chi connectivity index (χ3v) is 3.13. The Bertz CT molecular complexity index is 890. The average molecular weight is 383 g/mol. The number of amidine groups is 1. The molecule has 0 aliphatic heterocycles. The van der Waals surface area contributed by atoms with Crippen LogP contribution in [0, 0.1) is 16.7 Å². The second-order valence-electron chi connectivity index (χ2n) is 4.73. The Morgan fingerprint density at radius 1 is 1.35 bits per heavy atom. The van der Waals surface area contributed by atoms with E-state index in [-0.39, 0.29) is 22.4 Å². The molecule has 0 saturated heterocycles. The lowest BCUT2D eigenvalue weighted by atomic mass is 10.3. The highest BCUT2D eigenvalue weighted by Crippen LogP contribution is 2.34. The first-order valence-corrected chi connectivity index (χ1v) is 7.17. The number of hydrogen-bond acceptors (Lipinski definition) is 6. The van der Waals surface area contributed by atoms with Crippen LogP contribution in [-0.2, 0) is 6.18 Å². The highest BCUT2D eigenvalue weighted by atomic mass is 35.5. The molecule has 0 unspecified atom stereocenters. The van der Waals surface area contributed by atoms with Crippen LogP contribution in [0.2, 0.25) is 5.02 Å². The lowest BCUT2D eigenvalue weighted by Crippen LogP contribution is -2.21. The Balaban J connectivity index is 2.10. The summed E-state index contributed by atoms with van der Waals surface area (Å²) in [4.78, 5) is 3.57. The molecule has 1 aromatic carbocycles. The Hall–Kier alpha value is -3.32. The fraction of sp³-hybridized carbons (Fsp3) is 0.0667. The number of alkyl halides is 3. The number of rotatable bonds is 5. The number of nitriles is 1. The van der Waals surface area contributed by atoms with Gasteiger partial charge in [-0.15, -0.1) is 0 Å². The molecule has 4 N–H and O–H groups in total. The molecule has 0 saturated carbocycles. The standard InChI is InChI=1S/C15H10ClF3N6O/c16-11-5-8(15(17,18)19)7-23-14(11)26-10-3-1-9(2-4-10)24-25-12(6-20)13(21)22/h1-5,7,24H,(H3,21,22)/b25-12+. The van der Waals surface area contributed by atoms with Gasteiger partial charge in [-0.2, -0.15) is 23.5 Å². The van der Waals surface area contributed by atoms with E-state index in [2.05, 4.69) is 15.5 Å². The Labute approximate surface area is 150 Å². The van der Waals surface area contributed by atoms with E-state index >= 15 is 0 Å². The summed E-state index contributed by atoms with van der Waals surface area (Å²) < 4.78 is 43.1. The third kappa shape index (κ3) is 4.84. The van der Waals surface area contributed by atoms with E-state index in [9.17, 15) is 13.2 Å². The van der Waals surface area contributed by atoms with Crippen LogP contribution >= 0.6 is 11.6 Å². The zero-order valence-corrected chi connectivity index (χ0v) is 13.6. The molecule has 2 rings (SSSR count). The van der Waals surface area contributed by atoms with Gasteiger partial charge in [-0.05, 0) is 30.3 Å². The minimum absolute atomic E-state index is 0.179. The van der Waals surface area contributed by atoms with Gasteiger partial charge in [-0.3, -0.25) is 10.8 Å². The number of benzene rings is 1. The highest BCUT2D eigenvalue weighted by molar-refractivity contribution is 6.45. The van der Waals surface area contributed by atoms with Crippen molar-refractivity contribution in [3.05, 3.63) is 47.1 Å². The van der Waals surface area contributed by atoms with Crippen LogP contribution < -0.4 is 15.9 Å². The van der Waals surface area contributed by atoms with E-state index < -0.39 is 17.6 Å². The van der Waals surface area contributed by atoms with Crippen LogP contribution in [-0.4, -0.2) is 16.5 Å². The first kappa shape index (κ1) is 19.0. The fourth-order valence-electron chi connectivity index (χ4n) is 1.63. The van der Waals surface area contributed by atoms with Gasteiger partial charge in [0.05, 0.1) is 11.3 Å². The average Bonchev–Trinajstić information content (AvgIpc) is 2.57. The molecule has 26 heavy (non-hydrogen) atoms. The molecular weight excluding hydrogens is 373 g/mol. The maximum Gasteiger partial charge on any atom is 0.417 e. The van der Waals surface area contributed by atoms with Crippen molar-refractivity contribution in [2.75, 3.05) is 5.43 Å². The second-order valence-corrected chi connectivity index (χ2v) is 5.14. The van der Waals surface area contributed by atoms with E-state index in [1.165, 1.54) is 24.3 Å². The molecule has 0 spiro atoms. The topological polar surface area (TPSA) is 120 Å². The van der Waals surface area contributed by atoms with Crippen LogP contribution in [0.5, 0.6) is 11.6 Å². The second kappa shape index (κ2) is 7.71. The number of pyridine rings is 1. The van der Waals surface area contributed by atoms with Gasteiger partial charge >= 0.3 is 6.18 Å². The van der Waals surface area contributed by atoms with Gasteiger partial charge in [0.15, 0.2) is 5.84 Å². The SMILES string of the molecule is N#C/C(=N\Nc1ccc(Oc2ncc(C(F)(F)F)cc2Cl)cc1)C(=N)N. The molecule has 7 nitrogen and oxygen atoms in total. The van der Waals surface area contributed by atoms with Crippen LogP contribution in [0.3, 0.4) is 0 Å². The molecule has 0 aliphatic carbocycles. The molecule has 0 bridgehead atoms. The minimum atomic E-state index is -4.55. The predicted molar refractivity (Wildman–Crippen MR) is 89.3 cm³/mol. The molecule has 0 aliphatic rings. The van der Waals surface area contributed by atoms with E-state index in [0.717, 1.165) is 6.07 Å². The normalized spacial score (nSPS) is 11.6. The molecule has 0 amide bonds. The van der Waals surface area contributed by atoms with E-state index in [1.807, 2.05) is 0 Å². The van der Waals surface area contributed by atoms with Crippen molar-refractivity contribution in [1.29, 1.82) is 10.7 Å². The lowest BCUT2D eigenvalue weighted by Gasteiger charge is -2.10. The number of aromatic nitrogens is 1. The van der Waals surface area contributed by atoms with Crippen molar-refractivity contribution in [1.82, 2.24) is 4.98 Å². The zero-order valence-electron chi connectivity index (χ0n) is 12.8. The molecule has 0 fully saturated rings. The maximum atomic E-state index is 12.6. The Morgan fingerprint density at radius 2 is 2.00 bits per heavy atom. The number of halogens is 4. The minimum Gasteiger partial charge on any atom is -0.438 e. The van der Waals surface area contributed by atoms with Crippen molar-refractivity contribution in [3.63, 3.8) is 0 Å². The molecule has 134 valence electrons. The van der Waals surface area contributed by atoms with Crippen LogP contribution in [0.25, 0.3) is 0 Å². The lowest BCUT2D eigenvalue weighted by molar-refractivity contribution is -0.137. The van der Waals surface area contributed by atoms with Crippen molar-refractivity contribution in [2.24, 2.45) is 10.8 Å². The quantitative estimate of drug-likeness (QED) is 0.413. The Morgan fingerprint density at radius 3 is 2.50 bits per heavy atom. The highest BCUT2D eigenvalue weighted by Gasteiger charge is 2.31. The summed E-state index contributed by atoms with van der Waals surface area (Å²) in [5.74, 6) is -0.398. The number of anilines is 1. The summed E-state index contributed by atoms with van der Waals surface area (Å²) in [6.07, 6.45) is -3.93. The van der Waals surface area contributed by atoms with E-state index in [1.54, 1.807) is 6.07 Å². The smallest absolute Gasteiger partial charge is 0.417 e. The number of nitrogens with two attached hydrogens (primary N) is 1. The summed E-state index contributed by atoms with van der Waals surface area (Å²) in [5.41, 5.74) is 6.87. The fourth-order valence-corrected chi connectivity index (χ4v) is 1.84. The van der Waals surface area contributed by atoms with Crippen molar-refractivity contribution in [2.45, 2.75) is 6.18 Å². The zero-order chi connectivity index (χ0) is 19.3. The predicted octanol–water partition coefficient (Wildman–Crippen LogP) is 3.77.